The molecule has 0 aromatic heterocycles. The van der Waals surface area contributed by atoms with Crippen molar-refractivity contribution in [2.24, 2.45) is 0 Å². The largest absolute Gasteiger partial charge is 0.484 e. The van der Waals surface area contributed by atoms with Crippen LogP contribution in [-0.4, -0.2) is 24.6 Å². The van der Waals surface area contributed by atoms with Gasteiger partial charge in [-0.1, -0.05) is 12.1 Å². The number of nitrogens with one attached hydrogen (secondary N) is 1. The van der Waals surface area contributed by atoms with Crippen LogP contribution in [0.3, 0.4) is 0 Å². The van der Waals surface area contributed by atoms with Gasteiger partial charge in [0.1, 0.15) is 5.75 Å². The van der Waals surface area contributed by atoms with Gasteiger partial charge in [0.15, 0.2) is 6.61 Å². The highest BCUT2D eigenvalue weighted by Gasteiger charge is 2.28. The number of hydrogen-bond acceptors (Lipinski definition) is 2. The molecular formula is C14H17ClF3NO2. The first-order chi connectivity index (χ1) is 9.90. The number of carbonyl (C=O) groups excluding carboxylic acids is 1. The van der Waals surface area contributed by atoms with Gasteiger partial charge < -0.3 is 10.1 Å². The Morgan fingerprint density at radius 1 is 1.19 bits per heavy atom. The molecule has 1 aromatic rings. The molecule has 0 fully saturated rings. The second kappa shape index (κ2) is 8.77. The van der Waals surface area contributed by atoms with E-state index in [0.29, 0.717) is 18.8 Å². The van der Waals surface area contributed by atoms with Gasteiger partial charge in [-0.15, -0.1) is 11.6 Å². The number of carbonyl (C=O) groups is 1. The third kappa shape index (κ3) is 8.45. The van der Waals surface area contributed by atoms with Crippen LogP contribution in [0.25, 0.3) is 0 Å². The molecule has 0 aliphatic heterocycles. The Balaban J connectivity index is 2.32. The zero-order valence-corrected chi connectivity index (χ0v) is 12.1. The third-order valence-electron chi connectivity index (χ3n) is 2.60. The van der Waals surface area contributed by atoms with Crippen LogP contribution in [0.5, 0.6) is 5.75 Å². The summed E-state index contributed by atoms with van der Waals surface area (Å²) in [6.07, 6.45) is -2.41. The van der Waals surface area contributed by atoms with Crippen molar-refractivity contribution in [3.63, 3.8) is 0 Å². The molecule has 1 rings (SSSR count). The number of benzene rings is 1. The summed E-state index contributed by atoms with van der Waals surface area (Å²) in [5.41, 5.74) is 0.792. The van der Waals surface area contributed by atoms with Crippen LogP contribution in [0.1, 0.15) is 24.8 Å². The molecule has 0 unspecified atom stereocenters. The van der Waals surface area contributed by atoms with E-state index in [0.717, 1.165) is 18.4 Å². The van der Waals surface area contributed by atoms with Gasteiger partial charge in [-0.25, -0.2) is 0 Å². The second-order valence-electron chi connectivity index (χ2n) is 4.47. The van der Waals surface area contributed by atoms with Crippen molar-refractivity contribution in [2.75, 3.05) is 12.5 Å². The van der Waals surface area contributed by atoms with E-state index in [1.165, 1.54) is 12.1 Å². The average Bonchev–Trinajstić information content (AvgIpc) is 2.43. The molecule has 21 heavy (non-hydrogen) atoms. The Hall–Kier alpha value is -1.43. The molecule has 0 saturated heterocycles. The first-order valence-corrected chi connectivity index (χ1v) is 7.05. The lowest BCUT2D eigenvalue weighted by atomic mass is 10.2. The zero-order chi connectivity index (χ0) is 15.7. The molecule has 0 heterocycles. The molecule has 0 saturated carbocycles. The summed E-state index contributed by atoms with van der Waals surface area (Å²) in [6, 6.07) is 6.12. The molecule has 1 amide bonds. The van der Waals surface area contributed by atoms with Crippen molar-refractivity contribution < 1.29 is 22.7 Å². The molecule has 0 atom stereocenters. The highest BCUT2D eigenvalue weighted by molar-refractivity contribution is 6.17. The molecule has 1 N–H and O–H groups in total. The fourth-order valence-electron chi connectivity index (χ4n) is 1.54. The van der Waals surface area contributed by atoms with Crippen molar-refractivity contribution in [1.29, 1.82) is 0 Å². The van der Waals surface area contributed by atoms with Crippen LogP contribution in [0.2, 0.25) is 0 Å². The minimum atomic E-state index is -4.35. The smallest absolute Gasteiger partial charge is 0.422 e. The number of amides is 1. The summed E-state index contributed by atoms with van der Waals surface area (Å²) in [5, 5.41) is 2.73. The normalized spacial score (nSPS) is 11.2. The number of hydrogen-bond donors (Lipinski definition) is 1. The summed E-state index contributed by atoms with van der Waals surface area (Å²) in [6.45, 7) is -0.983. The monoisotopic (exact) mass is 323 g/mol. The minimum Gasteiger partial charge on any atom is -0.484 e. The van der Waals surface area contributed by atoms with Gasteiger partial charge in [-0.05, 0) is 30.5 Å². The van der Waals surface area contributed by atoms with Gasteiger partial charge in [0.2, 0.25) is 5.91 Å². The second-order valence-corrected chi connectivity index (χ2v) is 4.85. The first kappa shape index (κ1) is 17.6. The molecule has 0 aliphatic rings. The van der Waals surface area contributed by atoms with E-state index in [9.17, 15) is 18.0 Å². The van der Waals surface area contributed by atoms with E-state index >= 15 is 0 Å². The molecule has 7 heteroatoms. The van der Waals surface area contributed by atoms with E-state index in [1.807, 2.05) is 0 Å². The van der Waals surface area contributed by atoms with E-state index < -0.39 is 12.8 Å². The van der Waals surface area contributed by atoms with Crippen LogP contribution in [0.4, 0.5) is 13.2 Å². The highest BCUT2D eigenvalue weighted by atomic mass is 35.5. The van der Waals surface area contributed by atoms with Crippen molar-refractivity contribution in [1.82, 2.24) is 5.32 Å². The van der Waals surface area contributed by atoms with Crippen molar-refractivity contribution in [3.05, 3.63) is 29.8 Å². The van der Waals surface area contributed by atoms with Gasteiger partial charge in [0.05, 0.1) is 0 Å². The maximum Gasteiger partial charge on any atom is 0.422 e. The Bertz CT molecular complexity index is 435. The molecule has 3 nitrogen and oxygen atoms in total. The van der Waals surface area contributed by atoms with Crippen LogP contribution in [-0.2, 0) is 11.3 Å². The average molecular weight is 324 g/mol. The molecule has 118 valence electrons. The van der Waals surface area contributed by atoms with E-state index in [1.54, 1.807) is 12.1 Å². The summed E-state index contributed by atoms with van der Waals surface area (Å²) in [7, 11) is 0. The Labute approximate surface area is 126 Å². The van der Waals surface area contributed by atoms with Gasteiger partial charge in [0, 0.05) is 18.8 Å². The van der Waals surface area contributed by atoms with Crippen LogP contribution in [0.15, 0.2) is 24.3 Å². The quantitative estimate of drug-likeness (QED) is 0.586. The van der Waals surface area contributed by atoms with Crippen LogP contribution in [0, 0.1) is 0 Å². The predicted molar refractivity (Wildman–Crippen MR) is 74.4 cm³/mol. The van der Waals surface area contributed by atoms with Crippen molar-refractivity contribution in [3.8, 4) is 5.75 Å². The lowest BCUT2D eigenvalue weighted by Crippen LogP contribution is -2.22. The SMILES string of the molecule is O=C(CCCCCl)NCc1ccc(OCC(F)(F)F)cc1. The number of rotatable bonds is 8. The Morgan fingerprint density at radius 3 is 2.43 bits per heavy atom. The van der Waals surface area contributed by atoms with Crippen molar-refractivity contribution >= 4 is 17.5 Å². The summed E-state index contributed by atoms with van der Waals surface area (Å²) in [5.74, 6) is 0.606. The number of halogens is 4. The Kier molecular flexibility index (Phi) is 7.36. The molecule has 0 aliphatic carbocycles. The molecule has 0 bridgehead atoms. The summed E-state index contributed by atoms with van der Waals surface area (Å²) >= 11 is 5.51. The number of ether oxygens (including phenoxy) is 1. The first-order valence-electron chi connectivity index (χ1n) is 6.52. The highest BCUT2D eigenvalue weighted by Crippen LogP contribution is 2.18. The molecule has 0 spiro atoms. The predicted octanol–water partition coefficient (Wildman–Crippen LogP) is 3.65. The van der Waals surface area contributed by atoms with E-state index in [2.05, 4.69) is 10.1 Å². The minimum absolute atomic E-state index is 0.0717. The maximum atomic E-state index is 12.0. The van der Waals surface area contributed by atoms with E-state index in [4.69, 9.17) is 11.6 Å². The standard InChI is InChI=1S/C14H17ClF3NO2/c15-8-2-1-3-13(20)19-9-11-4-6-12(7-5-11)21-10-14(16,17)18/h4-7H,1-3,8-10H2,(H,19,20). The lowest BCUT2D eigenvalue weighted by molar-refractivity contribution is -0.153. The fraction of sp³-hybridized carbons (Fsp3) is 0.500. The molecule has 1 aromatic carbocycles. The van der Waals surface area contributed by atoms with Gasteiger partial charge in [-0.2, -0.15) is 13.2 Å². The number of alkyl halides is 4. The maximum absolute atomic E-state index is 12.0. The summed E-state index contributed by atoms with van der Waals surface area (Å²) < 4.78 is 40.5. The third-order valence-corrected chi connectivity index (χ3v) is 2.87. The fourth-order valence-corrected chi connectivity index (χ4v) is 1.73. The molecule has 0 radical (unpaired) electrons. The van der Waals surface area contributed by atoms with Gasteiger partial charge in [0.25, 0.3) is 0 Å². The van der Waals surface area contributed by atoms with Gasteiger partial charge in [-0.3, -0.25) is 4.79 Å². The summed E-state index contributed by atoms with van der Waals surface area (Å²) in [4.78, 5) is 11.5. The number of unbranched alkanes of at least 4 members (excludes halogenated alkanes) is 1. The van der Waals surface area contributed by atoms with Gasteiger partial charge >= 0.3 is 6.18 Å². The van der Waals surface area contributed by atoms with Crippen LogP contribution >= 0.6 is 11.6 Å². The van der Waals surface area contributed by atoms with Crippen LogP contribution < -0.4 is 10.1 Å². The lowest BCUT2D eigenvalue weighted by Gasteiger charge is -2.10. The van der Waals surface area contributed by atoms with Crippen molar-refractivity contribution in [2.45, 2.75) is 32.0 Å². The molecular weight excluding hydrogens is 307 g/mol. The topological polar surface area (TPSA) is 38.3 Å². The van der Waals surface area contributed by atoms with E-state index in [-0.39, 0.29) is 11.7 Å². The zero-order valence-electron chi connectivity index (χ0n) is 11.4. The Morgan fingerprint density at radius 2 is 1.86 bits per heavy atom.